The first-order valence-corrected chi connectivity index (χ1v) is 6.15. The predicted octanol–water partition coefficient (Wildman–Crippen LogP) is 2.23. The maximum Gasteiger partial charge on any atom is 0.310 e. The van der Waals surface area contributed by atoms with E-state index in [1.54, 1.807) is 0 Å². The fourth-order valence-electron chi connectivity index (χ4n) is 1.99. The molecule has 1 rings (SSSR count). The first-order valence-electron chi connectivity index (χ1n) is 6.15. The van der Waals surface area contributed by atoms with Crippen LogP contribution in [0.1, 0.15) is 33.6 Å². The van der Waals surface area contributed by atoms with Crippen molar-refractivity contribution in [2.24, 2.45) is 5.92 Å². The second-order valence-corrected chi connectivity index (χ2v) is 4.63. The van der Waals surface area contributed by atoms with E-state index in [0.29, 0.717) is 6.61 Å². The standard InChI is InChI=1S/C13H23NO2/c1-4-16-13(15)12-6-5-8-14(10-12)9-7-11(2)3/h7,12H,4-6,8-10H2,1-3H3/t12-/m1/s1. The van der Waals surface area contributed by atoms with Crippen molar-refractivity contribution >= 4 is 5.97 Å². The van der Waals surface area contributed by atoms with Gasteiger partial charge in [-0.1, -0.05) is 11.6 Å². The number of hydrogen-bond acceptors (Lipinski definition) is 3. The van der Waals surface area contributed by atoms with E-state index in [4.69, 9.17) is 4.74 Å². The molecule has 1 saturated heterocycles. The van der Waals surface area contributed by atoms with Gasteiger partial charge in [-0.2, -0.15) is 0 Å². The molecule has 0 radical (unpaired) electrons. The Morgan fingerprint density at radius 2 is 2.25 bits per heavy atom. The van der Waals surface area contributed by atoms with Crippen molar-refractivity contribution in [1.82, 2.24) is 4.90 Å². The van der Waals surface area contributed by atoms with Gasteiger partial charge in [-0.3, -0.25) is 9.69 Å². The highest BCUT2D eigenvalue weighted by atomic mass is 16.5. The minimum atomic E-state index is -0.0237. The van der Waals surface area contributed by atoms with Gasteiger partial charge in [-0.05, 0) is 40.2 Å². The van der Waals surface area contributed by atoms with Gasteiger partial charge in [0.2, 0.25) is 0 Å². The second kappa shape index (κ2) is 6.69. The second-order valence-electron chi connectivity index (χ2n) is 4.63. The number of carbonyl (C=O) groups excluding carboxylic acids is 1. The van der Waals surface area contributed by atoms with E-state index in [9.17, 15) is 4.79 Å². The lowest BCUT2D eigenvalue weighted by Gasteiger charge is -2.30. The van der Waals surface area contributed by atoms with Crippen molar-refractivity contribution in [3.05, 3.63) is 11.6 Å². The zero-order valence-corrected chi connectivity index (χ0v) is 10.7. The molecule has 0 saturated carbocycles. The van der Waals surface area contributed by atoms with Gasteiger partial charge in [0.15, 0.2) is 0 Å². The molecule has 92 valence electrons. The van der Waals surface area contributed by atoms with Crippen molar-refractivity contribution < 1.29 is 9.53 Å². The number of rotatable bonds is 4. The highest BCUT2D eigenvalue weighted by Gasteiger charge is 2.25. The summed E-state index contributed by atoms with van der Waals surface area (Å²) < 4.78 is 5.07. The molecule has 3 nitrogen and oxygen atoms in total. The Hall–Kier alpha value is -0.830. The van der Waals surface area contributed by atoms with E-state index < -0.39 is 0 Å². The van der Waals surface area contributed by atoms with E-state index in [-0.39, 0.29) is 11.9 Å². The lowest BCUT2D eigenvalue weighted by molar-refractivity contribution is -0.149. The van der Waals surface area contributed by atoms with Crippen LogP contribution >= 0.6 is 0 Å². The van der Waals surface area contributed by atoms with Gasteiger partial charge < -0.3 is 4.74 Å². The summed E-state index contributed by atoms with van der Waals surface area (Å²) in [6, 6.07) is 0. The third kappa shape index (κ3) is 4.35. The van der Waals surface area contributed by atoms with Crippen LogP contribution in [0.3, 0.4) is 0 Å². The number of nitrogens with zero attached hydrogens (tertiary/aromatic N) is 1. The summed E-state index contributed by atoms with van der Waals surface area (Å²) in [5.74, 6) is 0.0589. The van der Waals surface area contributed by atoms with Crippen molar-refractivity contribution in [3.8, 4) is 0 Å². The number of esters is 1. The van der Waals surface area contributed by atoms with Gasteiger partial charge in [0.1, 0.15) is 0 Å². The lowest BCUT2D eigenvalue weighted by atomic mass is 9.98. The molecule has 0 aromatic carbocycles. The highest BCUT2D eigenvalue weighted by Crippen LogP contribution is 2.17. The molecular weight excluding hydrogens is 202 g/mol. The van der Waals surface area contributed by atoms with Crippen molar-refractivity contribution in [2.75, 3.05) is 26.2 Å². The Labute approximate surface area is 98.5 Å². The van der Waals surface area contributed by atoms with Crippen LogP contribution in [0.25, 0.3) is 0 Å². The van der Waals surface area contributed by atoms with Gasteiger partial charge in [-0.25, -0.2) is 0 Å². The first-order chi connectivity index (χ1) is 7.63. The maximum atomic E-state index is 11.6. The molecule has 0 spiro atoms. The van der Waals surface area contributed by atoms with Crippen LogP contribution < -0.4 is 0 Å². The van der Waals surface area contributed by atoms with E-state index in [2.05, 4.69) is 24.8 Å². The molecule has 1 aliphatic rings. The normalized spacial score (nSPS) is 21.6. The van der Waals surface area contributed by atoms with Crippen molar-refractivity contribution in [1.29, 1.82) is 0 Å². The van der Waals surface area contributed by atoms with E-state index in [1.807, 2.05) is 6.92 Å². The molecule has 0 aromatic rings. The van der Waals surface area contributed by atoms with Gasteiger partial charge in [-0.15, -0.1) is 0 Å². The van der Waals surface area contributed by atoms with E-state index in [1.165, 1.54) is 5.57 Å². The van der Waals surface area contributed by atoms with E-state index in [0.717, 1.165) is 32.5 Å². The molecule has 1 aliphatic heterocycles. The highest BCUT2D eigenvalue weighted by molar-refractivity contribution is 5.72. The zero-order valence-electron chi connectivity index (χ0n) is 10.7. The van der Waals surface area contributed by atoms with Gasteiger partial charge >= 0.3 is 5.97 Å². The molecule has 0 bridgehead atoms. The molecule has 0 N–H and O–H groups in total. The minimum absolute atomic E-state index is 0.0237. The van der Waals surface area contributed by atoms with Gasteiger partial charge in [0, 0.05) is 13.1 Å². The number of allylic oxidation sites excluding steroid dienone is 1. The molecular formula is C13H23NO2. The molecule has 0 aliphatic carbocycles. The van der Waals surface area contributed by atoms with Crippen LogP contribution in [0, 0.1) is 5.92 Å². The average molecular weight is 225 g/mol. The largest absolute Gasteiger partial charge is 0.466 e. The lowest BCUT2D eigenvalue weighted by Crippen LogP contribution is -2.39. The Morgan fingerprint density at radius 3 is 2.88 bits per heavy atom. The Bertz CT molecular complexity index is 257. The average Bonchev–Trinajstić information content (AvgIpc) is 2.27. The quantitative estimate of drug-likeness (QED) is 0.543. The predicted molar refractivity (Wildman–Crippen MR) is 65.2 cm³/mol. The van der Waals surface area contributed by atoms with Crippen molar-refractivity contribution in [3.63, 3.8) is 0 Å². The van der Waals surface area contributed by atoms with Crippen LogP contribution in [0.2, 0.25) is 0 Å². The summed E-state index contributed by atoms with van der Waals surface area (Å²) in [5, 5.41) is 0. The summed E-state index contributed by atoms with van der Waals surface area (Å²) in [5.41, 5.74) is 1.33. The molecule has 0 amide bonds. The topological polar surface area (TPSA) is 29.5 Å². The fourth-order valence-corrected chi connectivity index (χ4v) is 1.99. The van der Waals surface area contributed by atoms with Crippen LogP contribution in [0.15, 0.2) is 11.6 Å². The molecule has 0 unspecified atom stereocenters. The summed E-state index contributed by atoms with van der Waals surface area (Å²) in [4.78, 5) is 13.9. The van der Waals surface area contributed by atoms with Crippen LogP contribution in [0.5, 0.6) is 0 Å². The third-order valence-corrected chi connectivity index (χ3v) is 2.88. The molecule has 1 fully saturated rings. The maximum absolute atomic E-state index is 11.6. The number of hydrogen-bond donors (Lipinski definition) is 0. The molecule has 1 heterocycles. The fraction of sp³-hybridized carbons (Fsp3) is 0.769. The molecule has 3 heteroatoms. The number of piperidine rings is 1. The molecule has 16 heavy (non-hydrogen) atoms. The van der Waals surface area contributed by atoms with Crippen LogP contribution in [-0.4, -0.2) is 37.1 Å². The van der Waals surface area contributed by atoms with Crippen LogP contribution in [0.4, 0.5) is 0 Å². The Kier molecular flexibility index (Phi) is 5.53. The van der Waals surface area contributed by atoms with Crippen molar-refractivity contribution in [2.45, 2.75) is 33.6 Å². The Morgan fingerprint density at radius 1 is 1.50 bits per heavy atom. The SMILES string of the molecule is CCOC(=O)[C@@H]1CCCN(CC=C(C)C)C1. The Balaban J connectivity index is 2.40. The zero-order chi connectivity index (χ0) is 12.0. The monoisotopic (exact) mass is 225 g/mol. The van der Waals surface area contributed by atoms with Crippen LogP contribution in [-0.2, 0) is 9.53 Å². The molecule has 0 aromatic heterocycles. The summed E-state index contributed by atoms with van der Waals surface area (Å²) in [6.07, 6.45) is 4.29. The van der Waals surface area contributed by atoms with E-state index >= 15 is 0 Å². The number of carbonyl (C=O) groups is 1. The summed E-state index contributed by atoms with van der Waals surface area (Å²) in [6.45, 7) is 9.46. The summed E-state index contributed by atoms with van der Waals surface area (Å²) in [7, 11) is 0. The minimum Gasteiger partial charge on any atom is -0.466 e. The summed E-state index contributed by atoms with van der Waals surface area (Å²) >= 11 is 0. The smallest absolute Gasteiger partial charge is 0.310 e. The number of likely N-dealkylation sites (tertiary alicyclic amines) is 1. The molecule has 1 atom stereocenters. The third-order valence-electron chi connectivity index (χ3n) is 2.88. The first kappa shape index (κ1) is 13.2. The van der Waals surface area contributed by atoms with Gasteiger partial charge in [0.25, 0.3) is 0 Å². The van der Waals surface area contributed by atoms with Gasteiger partial charge in [0.05, 0.1) is 12.5 Å². The number of ether oxygens (including phenoxy) is 1.